The number of nitrogens with zero attached hydrogens (tertiary/aromatic N) is 2. The lowest BCUT2D eigenvalue weighted by Crippen LogP contribution is -2.38. The van der Waals surface area contributed by atoms with Crippen molar-refractivity contribution < 1.29 is 45.4 Å². The van der Waals surface area contributed by atoms with Crippen LogP contribution in [0.1, 0.15) is 48.9 Å². The van der Waals surface area contributed by atoms with E-state index in [0.29, 0.717) is 35.6 Å². The molecule has 0 radical (unpaired) electrons. The molecule has 2 atom stereocenters. The highest BCUT2D eigenvalue weighted by atomic mass is 32.2. The van der Waals surface area contributed by atoms with Crippen LogP contribution in [-0.4, -0.2) is 77.0 Å². The summed E-state index contributed by atoms with van der Waals surface area (Å²) in [6.45, 7) is 4.06. The molecule has 4 aromatic carbocycles. The minimum absolute atomic E-state index is 0.169. The average Bonchev–Trinajstić information content (AvgIpc) is 3.19. The van der Waals surface area contributed by atoms with Gasteiger partial charge < -0.3 is 28.5 Å². The number of methoxy groups -OCH3 is 4. The fourth-order valence-corrected chi connectivity index (χ4v) is 8.55. The van der Waals surface area contributed by atoms with Gasteiger partial charge in [0.15, 0.2) is 0 Å². The molecule has 0 aliphatic rings. The molecule has 54 heavy (non-hydrogen) atoms. The van der Waals surface area contributed by atoms with E-state index in [1.807, 2.05) is 48.5 Å². The first-order chi connectivity index (χ1) is 25.9. The van der Waals surface area contributed by atoms with Crippen LogP contribution in [0.15, 0.2) is 97.1 Å². The third-order valence-electron chi connectivity index (χ3n) is 8.67. The molecule has 292 valence electrons. The van der Waals surface area contributed by atoms with Crippen molar-refractivity contribution in [1.29, 1.82) is 0 Å². The van der Waals surface area contributed by atoms with Crippen LogP contribution >= 0.6 is 0 Å². The fraction of sp³-hybridized carbons (Fsp3) is 0.350. The summed E-state index contributed by atoms with van der Waals surface area (Å²) in [5.74, 6) is 2.79. The van der Waals surface area contributed by atoms with Gasteiger partial charge in [-0.3, -0.25) is 0 Å². The monoisotopic (exact) mass is 782 g/mol. The second-order valence-corrected chi connectivity index (χ2v) is 16.5. The van der Waals surface area contributed by atoms with E-state index in [0.717, 1.165) is 22.3 Å². The molecule has 0 aromatic heterocycles. The maximum absolute atomic E-state index is 13.0. The topological polar surface area (TPSA) is 146 Å². The average molecular weight is 783 g/mol. The van der Waals surface area contributed by atoms with Gasteiger partial charge in [-0.25, -0.2) is 16.8 Å². The number of carbonyl (C=O) groups is 2. The molecule has 0 aliphatic heterocycles. The van der Waals surface area contributed by atoms with Crippen molar-refractivity contribution >= 4 is 32.6 Å². The van der Waals surface area contributed by atoms with Crippen molar-refractivity contribution in [3.63, 3.8) is 0 Å². The van der Waals surface area contributed by atoms with E-state index < -0.39 is 30.5 Å². The van der Waals surface area contributed by atoms with Crippen LogP contribution in [-0.2, 0) is 55.8 Å². The highest BCUT2D eigenvalue weighted by molar-refractivity contribution is 7.90. The molecule has 0 heterocycles. The Morgan fingerprint density at radius 3 is 0.796 bits per heavy atom. The minimum atomic E-state index is -3.79. The summed E-state index contributed by atoms with van der Waals surface area (Å²) >= 11 is 0. The lowest BCUT2D eigenvalue weighted by atomic mass is 10.2. The maximum atomic E-state index is 13.0. The van der Waals surface area contributed by atoms with Gasteiger partial charge in [0.2, 0.25) is 20.0 Å². The van der Waals surface area contributed by atoms with Crippen LogP contribution in [0.5, 0.6) is 23.0 Å². The number of sulfonamides is 2. The number of carbonyl (C=O) groups excluding carboxylic acids is 2. The van der Waals surface area contributed by atoms with Gasteiger partial charge in [-0.1, -0.05) is 62.4 Å². The molecule has 0 saturated heterocycles. The second kappa shape index (κ2) is 21.2. The Morgan fingerprint density at radius 2 is 0.648 bits per heavy atom. The first kappa shape index (κ1) is 43.6. The molecular weight excluding hydrogens is 733 g/mol. The maximum Gasteiger partial charge on any atom is 0.224 e. The molecule has 12 nitrogen and oxygen atoms in total. The fourth-order valence-electron chi connectivity index (χ4n) is 5.35. The molecule has 0 aliphatic carbocycles. The number of rotatable bonds is 20. The van der Waals surface area contributed by atoms with E-state index in [-0.39, 0.29) is 39.0 Å². The van der Waals surface area contributed by atoms with Crippen LogP contribution in [0.25, 0.3) is 0 Å². The van der Waals surface area contributed by atoms with Gasteiger partial charge in [-0.2, -0.15) is 8.61 Å². The number of benzene rings is 4. The van der Waals surface area contributed by atoms with Crippen molar-refractivity contribution in [2.45, 2.75) is 63.4 Å². The number of hydrogen-bond acceptors (Lipinski definition) is 10. The molecule has 0 fully saturated rings. The molecule has 14 heteroatoms. The van der Waals surface area contributed by atoms with Crippen molar-refractivity contribution in [3.05, 3.63) is 119 Å². The van der Waals surface area contributed by atoms with Crippen molar-refractivity contribution in [3.8, 4) is 23.0 Å². The van der Waals surface area contributed by atoms with Crippen molar-refractivity contribution in [2.75, 3.05) is 28.4 Å². The van der Waals surface area contributed by atoms with Gasteiger partial charge in [0.25, 0.3) is 0 Å². The van der Waals surface area contributed by atoms with Crippen LogP contribution in [0, 0.1) is 0 Å². The normalized spacial score (nSPS) is 12.6. The van der Waals surface area contributed by atoms with Crippen molar-refractivity contribution in [2.24, 2.45) is 0 Å². The zero-order chi connectivity index (χ0) is 39.7. The lowest BCUT2D eigenvalue weighted by Gasteiger charge is -2.25. The Hall–Kier alpha value is -4.76. The molecule has 0 amide bonds. The van der Waals surface area contributed by atoms with Crippen LogP contribution < -0.4 is 18.9 Å². The van der Waals surface area contributed by atoms with Crippen LogP contribution in [0.3, 0.4) is 0 Å². The van der Waals surface area contributed by atoms with E-state index in [1.165, 1.54) is 8.61 Å². The van der Waals surface area contributed by atoms with Crippen LogP contribution in [0.4, 0.5) is 0 Å². The SMILES string of the molecule is CC[C@@H](C=O)S(=O)(=O)N(Cc1ccc(OC)cc1)Cc1ccc(OC)cc1.CC[C@H](C=O)S(=O)(=O)N(Cc1ccc(OC)cc1)Cc1ccc(OC)cc1. The van der Waals surface area contributed by atoms with Gasteiger partial charge in [-0.15, -0.1) is 0 Å². The molecule has 0 bridgehead atoms. The van der Waals surface area contributed by atoms with Crippen molar-refractivity contribution in [1.82, 2.24) is 8.61 Å². The summed E-state index contributed by atoms with van der Waals surface area (Å²) in [4.78, 5) is 22.6. The summed E-state index contributed by atoms with van der Waals surface area (Å²) in [6.07, 6.45) is 1.47. The predicted octanol–water partition coefficient (Wildman–Crippen LogP) is 6.03. The third-order valence-corrected chi connectivity index (χ3v) is 13.0. The predicted molar refractivity (Wildman–Crippen MR) is 209 cm³/mol. The standard InChI is InChI=1S/2C20H25NO5S/c2*1-4-20(15-22)27(23,24)21(13-16-5-9-18(25-2)10-6-16)14-17-7-11-19(26-3)12-8-17/h2*5-12,15,20H,4,13-14H2,1-3H3/t2*20-/m10/s1. The smallest absolute Gasteiger partial charge is 0.224 e. The lowest BCUT2D eigenvalue weighted by molar-refractivity contribution is -0.108. The van der Waals surface area contributed by atoms with E-state index in [9.17, 15) is 26.4 Å². The van der Waals surface area contributed by atoms with Crippen LogP contribution in [0.2, 0.25) is 0 Å². The summed E-state index contributed by atoms with van der Waals surface area (Å²) in [7, 11) is -1.28. The quantitative estimate of drug-likeness (QED) is 0.0975. The number of hydrogen-bond donors (Lipinski definition) is 0. The Morgan fingerprint density at radius 1 is 0.444 bits per heavy atom. The molecule has 0 unspecified atom stereocenters. The van der Waals surface area contributed by atoms with Gasteiger partial charge in [-0.05, 0) is 83.6 Å². The number of ether oxygens (including phenoxy) is 4. The summed E-state index contributed by atoms with van der Waals surface area (Å²) in [5.41, 5.74) is 3.25. The molecular formula is C40H50N2O10S2. The largest absolute Gasteiger partial charge is 0.497 e. The Bertz CT molecular complexity index is 1710. The zero-order valence-electron chi connectivity index (χ0n) is 31.6. The first-order valence-electron chi connectivity index (χ1n) is 17.3. The Balaban J connectivity index is 0.000000290. The van der Waals surface area contributed by atoms with Gasteiger partial charge in [0.1, 0.15) is 46.1 Å². The molecule has 0 N–H and O–H groups in total. The van der Waals surface area contributed by atoms with Gasteiger partial charge in [0, 0.05) is 26.2 Å². The Labute approximate surface area is 319 Å². The molecule has 4 aromatic rings. The summed E-state index contributed by atoms with van der Waals surface area (Å²) in [5, 5.41) is -2.12. The van der Waals surface area contributed by atoms with E-state index in [1.54, 1.807) is 90.8 Å². The summed E-state index contributed by atoms with van der Waals surface area (Å²) < 4.78 is 75.2. The first-order valence-corrected chi connectivity index (χ1v) is 20.3. The molecule has 4 rings (SSSR count). The van der Waals surface area contributed by atoms with E-state index in [2.05, 4.69) is 0 Å². The second-order valence-electron chi connectivity index (χ2n) is 12.2. The highest BCUT2D eigenvalue weighted by Gasteiger charge is 2.32. The minimum Gasteiger partial charge on any atom is -0.497 e. The molecule has 0 spiro atoms. The number of aldehydes is 2. The summed E-state index contributed by atoms with van der Waals surface area (Å²) in [6, 6.07) is 28.8. The van der Waals surface area contributed by atoms with E-state index in [4.69, 9.17) is 18.9 Å². The zero-order valence-corrected chi connectivity index (χ0v) is 33.2. The van der Waals surface area contributed by atoms with Gasteiger partial charge >= 0.3 is 0 Å². The molecule has 0 saturated carbocycles. The van der Waals surface area contributed by atoms with E-state index >= 15 is 0 Å². The Kier molecular flexibility index (Phi) is 17.1. The van der Waals surface area contributed by atoms with Gasteiger partial charge in [0.05, 0.1) is 28.4 Å². The highest BCUT2D eigenvalue weighted by Crippen LogP contribution is 2.23. The third kappa shape index (κ3) is 12.1.